The minimum atomic E-state index is -0.158. The molecule has 0 fully saturated rings. The fourth-order valence-corrected chi connectivity index (χ4v) is 4.89. The number of halogens is 2. The molecule has 34 heavy (non-hydrogen) atoms. The number of hydrogen-bond donors (Lipinski definition) is 2. The second-order valence-electron chi connectivity index (χ2n) is 7.93. The third kappa shape index (κ3) is 4.13. The molecule has 5 aromatic rings. The highest BCUT2D eigenvalue weighted by atomic mass is 79.9. The zero-order valence-corrected chi connectivity index (χ0v) is 20.8. The van der Waals surface area contributed by atoms with Crippen molar-refractivity contribution in [2.24, 2.45) is 0 Å². The number of aryl methyl sites for hydroxylation is 1. The normalized spacial score (nSPS) is 11.5. The molecule has 0 aliphatic rings. The van der Waals surface area contributed by atoms with E-state index in [1.807, 2.05) is 45.6 Å². The number of nitrogens with one attached hydrogen (secondary N) is 1. The quantitative estimate of drug-likeness (QED) is 0.295. The van der Waals surface area contributed by atoms with Gasteiger partial charge in [-0.15, -0.1) is 5.10 Å². The predicted molar refractivity (Wildman–Crippen MR) is 133 cm³/mol. The van der Waals surface area contributed by atoms with Crippen LogP contribution < -0.4 is 0 Å². The molecule has 3 aromatic heterocycles. The molecular weight excluding hydrogens is 520 g/mol. The molecule has 2 aromatic carbocycles. The molecule has 0 aliphatic carbocycles. The van der Waals surface area contributed by atoms with Gasteiger partial charge in [0.1, 0.15) is 10.4 Å². The monoisotopic (exact) mass is 540 g/mol. The number of aromatic amines is 1. The number of para-hydroxylation sites is 1. The van der Waals surface area contributed by atoms with Gasteiger partial charge in [-0.25, -0.2) is 14.8 Å². The van der Waals surface area contributed by atoms with Gasteiger partial charge in [-0.1, -0.05) is 43.1 Å². The number of rotatable bonds is 8. The molecule has 174 valence electrons. The number of nitrogens with zero attached hydrogens (tertiary/aromatic N) is 7. The molecule has 0 radical (unpaired) electrons. The van der Waals surface area contributed by atoms with Crippen LogP contribution in [0.15, 0.2) is 47.1 Å². The summed E-state index contributed by atoms with van der Waals surface area (Å²) in [4.78, 5) is 4.50. The summed E-state index contributed by atoms with van der Waals surface area (Å²) in [6.45, 7) is 2.54. The summed E-state index contributed by atoms with van der Waals surface area (Å²) >= 11 is 10.1. The fourth-order valence-electron chi connectivity index (χ4n) is 4.04. The number of fused-ring (bicyclic) bond motifs is 1. The fraction of sp³-hybridized carbons (Fsp3) is 0.261. The highest BCUT2D eigenvalue weighted by Crippen LogP contribution is 2.32. The Morgan fingerprint density at radius 3 is 2.79 bits per heavy atom. The number of tetrazole rings is 1. The first-order chi connectivity index (χ1) is 16.6. The minimum absolute atomic E-state index is 0.158. The Balaban J connectivity index is 1.55. The minimum Gasteiger partial charge on any atom is -0.390 e. The molecule has 0 aliphatic heterocycles. The summed E-state index contributed by atoms with van der Waals surface area (Å²) in [5.74, 6) is 1.45. The van der Waals surface area contributed by atoms with Gasteiger partial charge in [0.2, 0.25) is 0 Å². The van der Waals surface area contributed by atoms with Crippen molar-refractivity contribution in [1.29, 1.82) is 0 Å². The van der Waals surface area contributed by atoms with E-state index < -0.39 is 0 Å². The van der Waals surface area contributed by atoms with Crippen molar-refractivity contribution < 1.29 is 5.11 Å². The maximum atomic E-state index is 9.88. The Hall–Kier alpha value is -3.08. The molecule has 3 heterocycles. The van der Waals surface area contributed by atoms with Crippen LogP contribution in [-0.4, -0.2) is 45.1 Å². The number of unbranched alkanes of at least 4 members (excludes halogenated alkanes) is 1. The molecule has 0 saturated heterocycles. The Morgan fingerprint density at radius 2 is 2.03 bits per heavy atom. The lowest BCUT2D eigenvalue weighted by Crippen LogP contribution is -2.09. The number of aromatic nitrogens is 8. The molecule has 2 N–H and O–H groups in total. The second-order valence-corrected chi connectivity index (χ2v) is 9.04. The molecule has 9 nitrogen and oxygen atoms in total. The lowest BCUT2D eigenvalue weighted by Gasteiger charge is -2.11. The first kappa shape index (κ1) is 22.7. The third-order valence-corrected chi connectivity index (χ3v) is 6.82. The van der Waals surface area contributed by atoms with Crippen LogP contribution in [0.5, 0.6) is 0 Å². The van der Waals surface area contributed by atoms with E-state index in [9.17, 15) is 5.11 Å². The molecule has 0 amide bonds. The Kier molecular flexibility index (Phi) is 6.44. The van der Waals surface area contributed by atoms with Crippen LogP contribution in [-0.2, 0) is 19.6 Å². The Bertz CT molecular complexity index is 1440. The topological polar surface area (TPSA) is 110 Å². The average molecular weight is 542 g/mol. The number of imidazole rings is 1. The summed E-state index contributed by atoms with van der Waals surface area (Å²) < 4.78 is 4.68. The Morgan fingerprint density at radius 1 is 1.18 bits per heavy atom. The number of H-pyrrole nitrogens is 1. The Labute approximate surface area is 208 Å². The number of hydrogen-bond acceptors (Lipinski definition) is 6. The van der Waals surface area contributed by atoms with Crippen LogP contribution in [0.25, 0.3) is 28.0 Å². The molecule has 0 unspecified atom stereocenters. The number of benzene rings is 2. The van der Waals surface area contributed by atoms with Crippen molar-refractivity contribution in [3.05, 3.63) is 69.3 Å². The zero-order chi connectivity index (χ0) is 23.7. The molecule has 0 saturated carbocycles. The van der Waals surface area contributed by atoms with E-state index in [-0.39, 0.29) is 6.61 Å². The summed E-state index contributed by atoms with van der Waals surface area (Å²) in [6, 6.07) is 13.9. The van der Waals surface area contributed by atoms with E-state index in [1.54, 1.807) is 0 Å². The first-order valence-electron chi connectivity index (χ1n) is 11.0. The summed E-state index contributed by atoms with van der Waals surface area (Å²) in [7, 11) is 0. The third-order valence-electron chi connectivity index (χ3n) is 5.76. The van der Waals surface area contributed by atoms with E-state index in [4.69, 9.17) is 16.7 Å². The smallest absolute Gasteiger partial charge is 0.181 e. The molecule has 5 rings (SSSR count). The predicted octanol–water partition coefficient (Wildman–Crippen LogP) is 4.70. The molecule has 0 atom stereocenters. The van der Waals surface area contributed by atoms with Crippen LogP contribution in [0.4, 0.5) is 0 Å². The summed E-state index contributed by atoms with van der Waals surface area (Å²) in [5, 5.41) is 30.3. The summed E-state index contributed by atoms with van der Waals surface area (Å²) in [5.41, 5.74) is 4.22. The van der Waals surface area contributed by atoms with Gasteiger partial charge in [0.25, 0.3) is 0 Å². The number of aliphatic hydroxyl groups excluding tert-OH is 1. The van der Waals surface area contributed by atoms with Crippen LogP contribution >= 0.6 is 27.5 Å². The average Bonchev–Trinajstić information content (AvgIpc) is 3.57. The highest BCUT2D eigenvalue weighted by Gasteiger charge is 2.18. The first-order valence-corrected chi connectivity index (χ1v) is 12.1. The lowest BCUT2D eigenvalue weighted by atomic mass is 10.1. The van der Waals surface area contributed by atoms with Crippen molar-refractivity contribution >= 4 is 38.4 Å². The van der Waals surface area contributed by atoms with Gasteiger partial charge in [0, 0.05) is 23.9 Å². The van der Waals surface area contributed by atoms with Crippen molar-refractivity contribution in [3.8, 4) is 17.1 Å². The second kappa shape index (κ2) is 9.65. The van der Waals surface area contributed by atoms with Gasteiger partial charge in [-0.3, -0.25) is 0 Å². The molecule has 11 heteroatoms. The lowest BCUT2D eigenvalue weighted by molar-refractivity contribution is 0.271. The van der Waals surface area contributed by atoms with Gasteiger partial charge in [0.15, 0.2) is 11.0 Å². The highest BCUT2D eigenvalue weighted by molar-refractivity contribution is 9.10. The standard InChI is InChI=1S/C23H22BrClN8O/c1-2-3-8-20-26-22(25)19(13-34)32(20)12-14-9-10-17-16(11-14)21(24)33(29-17)18-7-5-4-6-15(18)23-27-30-31-28-23/h4-7,9-11,34H,2-3,8,12-13H2,1H3,(H,27,28,30,31). The largest absolute Gasteiger partial charge is 0.390 e. The van der Waals surface area contributed by atoms with Gasteiger partial charge in [0.05, 0.1) is 23.5 Å². The van der Waals surface area contributed by atoms with Gasteiger partial charge < -0.3 is 9.67 Å². The molecule has 0 spiro atoms. The maximum Gasteiger partial charge on any atom is 0.181 e. The van der Waals surface area contributed by atoms with E-state index in [1.165, 1.54) is 0 Å². The van der Waals surface area contributed by atoms with Crippen LogP contribution in [0, 0.1) is 0 Å². The van der Waals surface area contributed by atoms with Crippen molar-refractivity contribution in [2.75, 3.05) is 0 Å². The van der Waals surface area contributed by atoms with Crippen LogP contribution in [0.2, 0.25) is 5.15 Å². The number of aliphatic hydroxyl groups is 1. The van der Waals surface area contributed by atoms with Crippen molar-refractivity contribution in [1.82, 2.24) is 40.0 Å². The van der Waals surface area contributed by atoms with E-state index in [2.05, 4.69) is 54.5 Å². The van der Waals surface area contributed by atoms with Crippen molar-refractivity contribution in [2.45, 2.75) is 39.3 Å². The molecular formula is C23H22BrClN8O. The summed E-state index contributed by atoms with van der Waals surface area (Å²) in [6.07, 6.45) is 2.88. The van der Waals surface area contributed by atoms with Gasteiger partial charge in [-0.05, 0) is 62.6 Å². The van der Waals surface area contributed by atoms with E-state index >= 15 is 0 Å². The molecule has 0 bridgehead atoms. The van der Waals surface area contributed by atoms with Gasteiger partial charge >= 0.3 is 0 Å². The van der Waals surface area contributed by atoms with Crippen molar-refractivity contribution in [3.63, 3.8) is 0 Å². The zero-order valence-electron chi connectivity index (χ0n) is 18.4. The van der Waals surface area contributed by atoms with E-state index in [0.29, 0.717) is 23.2 Å². The van der Waals surface area contributed by atoms with Crippen LogP contribution in [0.1, 0.15) is 36.8 Å². The maximum absolute atomic E-state index is 9.88. The van der Waals surface area contributed by atoms with Gasteiger partial charge in [-0.2, -0.15) is 5.10 Å². The van der Waals surface area contributed by atoms with Crippen LogP contribution in [0.3, 0.4) is 0 Å². The SMILES string of the molecule is CCCCc1nc(Cl)c(CO)n1Cc1ccc2nn(-c3ccccc3-c3nnn[nH]3)c(Br)c2c1. The van der Waals surface area contributed by atoms with E-state index in [0.717, 1.165) is 57.4 Å².